The number of ether oxygens (including phenoxy) is 1. The van der Waals surface area contributed by atoms with Crippen molar-refractivity contribution in [2.75, 3.05) is 17.2 Å². The highest BCUT2D eigenvalue weighted by Gasteiger charge is 2.12. The number of sulfonamides is 1. The molecule has 0 amide bonds. The summed E-state index contributed by atoms with van der Waals surface area (Å²) in [6.07, 6.45) is 1.28. The Kier molecular flexibility index (Phi) is 6.87. The third kappa shape index (κ3) is 5.69. The zero-order chi connectivity index (χ0) is 23.3. The molecular weight excluding hydrogens is 435 g/mol. The summed E-state index contributed by atoms with van der Waals surface area (Å²) < 4.78 is 43.0. The molecule has 0 atom stereocenters. The number of nitriles is 1. The van der Waals surface area contributed by atoms with Crippen molar-refractivity contribution in [2.45, 2.75) is 25.2 Å². The van der Waals surface area contributed by atoms with Gasteiger partial charge in [-0.2, -0.15) is 10.2 Å². The van der Waals surface area contributed by atoms with Crippen LogP contribution in [0.2, 0.25) is 0 Å². The first-order chi connectivity index (χ1) is 15.2. The van der Waals surface area contributed by atoms with E-state index < -0.39 is 15.8 Å². The van der Waals surface area contributed by atoms with E-state index in [0.717, 1.165) is 17.3 Å². The summed E-state index contributed by atoms with van der Waals surface area (Å²) in [7, 11) is -3.87. The molecule has 32 heavy (non-hydrogen) atoms. The van der Waals surface area contributed by atoms with E-state index >= 15 is 0 Å². The molecule has 1 heterocycles. The van der Waals surface area contributed by atoms with Crippen LogP contribution in [0.25, 0.3) is 0 Å². The molecule has 4 N–H and O–H groups in total. The number of rotatable bonds is 8. The molecule has 2 aromatic carbocycles. The third-order valence-electron chi connectivity index (χ3n) is 4.35. The van der Waals surface area contributed by atoms with Crippen LogP contribution in [0.15, 0.2) is 47.5 Å². The molecule has 0 aliphatic carbocycles. The minimum Gasteiger partial charge on any atom is -0.492 e. The Labute approximate surface area is 185 Å². The second-order valence-corrected chi connectivity index (χ2v) is 8.47. The lowest BCUT2D eigenvalue weighted by molar-refractivity contribution is 0.322. The van der Waals surface area contributed by atoms with E-state index in [1.165, 1.54) is 18.2 Å². The van der Waals surface area contributed by atoms with Crippen molar-refractivity contribution >= 4 is 33.2 Å². The van der Waals surface area contributed by atoms with E-state index in [2.05, 4.69) is 20.6 Å². The molecule has 0 aliphatic heterocycles. The molecule has 0 spiro atoms. The van der Waals surface area contributed by atoms with Gasteiger partial charge in [-0.25, -0.2) is 22.9 Å². The van der Waals surface area contributed by atoms with Crippen molar-refractivity contribution < 1.29 is 17.5 Å². The highest BCUT2D eigenvalue weighted by Crippen LogP contribution is 2.29. The zero-order valence-corrected chi connectivity index (χ0v) is 18.2. The first kappa shape index (κ1) is 22.9. The second-order valence-electron chi connectivity index (χ2n) is 6.91. The Bertz CT molecular complexity index is 1270. The Balaban J connectivity index is 1.82. The van der Waals surface area contributed by atoms with E-state index in [9.17, 15) is 12.8 Å². The molecule has 0 unspecified atom stereocenters. The summed E-state index contributed by atoms with van der Waals surface area (Å²) in [6.45, 7) is 3.98. The van der Waals surface area contributed by atoms with E-state index in [-0.39, 0.29) is 29.7 Å². The normalized spacial score (nSPS) is 11.0. The number of halogens is 1. The fraction of sp³-hybridized carbons (Fsp3) is 0.190. The molecule has 11 heteroatoms. The quantitative estimate of drug-likeness (QED) is 0.436. The van der Waals surface area contributed by atoms with Gasteiger partial charge < -0.3 is 15.4 Å². The number of primary sulfonamides is 1. The molecule has 0 bridgehead atoms. The predicted molar refractivity (Wildman–Crippen MR) is 118 cm³/mol. The Morgan fingerprint density at radius 1 is 1.16 bits per heavy atom. The Morgan fingerprint density at radius 3 is 2.53 bits per heavy atom. The number of nitrogens with two attached hydrogens (primary N) is 1. The number of aryl methyl sites for hydroxylation is 2. The maximum absolute atomic E-state index is 14.3. The van der Waals surface area contributed by atoms with Crippen molar-refractivity contribution in [3.05, 3.63) is 59.5 Å². The highest BCUT2D eigenvalue weighted by atomic mass is 32.2. The van der Waals surface area contributed by atoms with E-state index in [1.807, 2.05) is 19.9 Å². The largest absolute Gasteiger partial charge is 0.492 e. The van der Waals surface area contributed by atoms with Crippen LogP contribution in [0.1, 0.15) is 17.5 Å². The number of aromatic nitrogens is 2. The second kappa shape index (κ2) is 9.59. The van der Waals surface area contributed by atoms with Crippen LogP contribution in [-0.2, 0) is 10.0 Å². The molecular formula is C21H21FN6O3S. The topological polar surface area (TPSA) is 143 Å². The van der Waals surface area contributed by atoms with Crippen LogP contribution >= 0.6 is 0 Å². The third-order valence-corrected chi connectivity index (χ3v) is 5.26. The van der Waals surface area contributed by atoms with Crippen molar-refractivity contribution in [3.8, 4) is 11.8 Å². The standard InChI is InChI=1S/C21H21FN6O3S/c1-13-9-16(10-14(2)19(13)31-8-4-7-23)26-20-18(22)12-25-21(28-20)27-15-5-3-6-17(11-15)32(24,29)30/h3,5-6,9-12H,4,8H2,1-2H3,(H2,24,29,30)(H2,25,26,27,28). The van der Waals surface area contributed by atoms with Crippen LogP contribution in [0.3, 0.4) is 0 Å². The zero-order valence-electron chi connectivity index (χ0n) is 17.4. The van der Waals surface area contributed by atoms with Crippen LogP contribution in [0, 0.1) is 31.0 Å². The van der Waals surface area contributed by atoms with E-state index in [4.69, 9.17) is 15.1 Å². The van der Waals surface area contributed by atoms with E-state index in [1.54, 1.807) is 18.2 Å². The number of nitrogens with zero attached hydrogens (tertiary/aromatic N) is 3. The molecule has 3 rings (SSSR count). The average molecular weight is 457 g/mol. The molecule has 0 fully saturated rings. The summed E-state index contributed by atoms with van der Waals surface area (Å²) in [6, 6.07) is 11.4. The van der Waals surface area contributed by atoms with Gasteiger partial charge in [-0.3, -0.25) is 0 Å². The first-order valence-electron chi connectivity index (χ1n) is 9.48. The number of nitrogens with one attached hydrogen (secondary N) is 2. The average Bonchev–Trinajstić information content (AvgIpc) is 2.72. The van der Waals surface area contributed by atoms with Gasteiger partial charge in [0.1, 0.15) is 12.4 Å². The van der Waals surface area contributed by atoms with Gasteiger partial charge in [0, 0.05) is 11.4 Å². The molecule has 0 radical (unpaired) electrons. The monoisotopic (exact) mass is 456 g/mol. The lowest BCUT2D eigenvalue weighted by atomic mass is 10.1. The van der Waals surface area contributed by atoms with Gasteiger partial charge in [-0.1, -0.05) is 6.07 Å². The minimum absolute atomic E-state index is 0.0605. The Morgan fingerprint density at radius 2 is 1.88 bits per heavy atom. The molecule has 1 aromatic heterocycles. The summed E-state index contributed by atoms with van der Waals surface area (Å²) >= 11 is 0. The number of anilines is 4. The SMILES string of the molecule is Cc1cc(Nc2nc(Nc3cccc(S(N)(=O)=O)c3)ncc2F)cc(C)c1OCCC#N. The van der Waals surface area contributed by atoms with Gasteiger partial charge in [0.2, 0.25) is 16.0 Å². The molecule has 0 saturated carbocycles. The van der Waals surface area contributed by atoms with Crippen LogP contribution in [0.5, 0.6) is 5.75 Å². The van der Waals surface area contributed by atoms with Crippen LogP contribution < -0.4 is 20.5 Å². The number of hydrogen-bond donors (Lipinski definition) is 3. The number of hydrogen-bond acceptors (Lipinski definition) is 8. The van der Waals surface area contributed by atoms with Crippen molar-refractivity contribution in [1.29, 1.82) is 5.26 Å². The lowest BCUT2D eigenvalue weighted by Crippen LogP contribution is -2.12. The van der Waals surface area contributed by atoms with Gasteiger partial charge in [-0.05, 0) is 55.3 Å². The predicted octanol–water partition coefficient (Wildman–Crippen LogP) is 3.66. The first-order valence-corrected chi connectivity index (χ1v) is 11.0. The maximum Gasteiger partial charge on any atom is 0.238 e. The maximum atomic E-state index is 14.3. The van der Waals surface area contributed by atoms with Crippen molar-refractivity contribution in [2.24, 2.45) is 5.14 Å². The van der Waals surface area contributed by atoms with Gasteiger partial charge in [0.05, 0.1) is 23.6 Å². The van der Waals surface area contributed by atoms with E-state index in [0.29, 0.717) is 17.1 Å². The Hall–Kier alpha value is -3.75. The van der Waals surface area contributed by atoms with Crippen molar-refractivity contribution in [3.63, 3.8) is 0 Å². The van der Waals surface area contributed by atoms with Crippen molar-refractivity contribution in [1.82, 2.24) is 9.97 Å². The minimum atomic E-state index is -3.87. The number of benzene rings is 2. The fourth-order valence-electron chi connectivity index (χ4n) is 2.98. The summed E-state index contributed by atoms with van der Waals surface area (Å²) in [4.78, 5) is 7.96. The summed E-state index contributed by atoms with van der Waals surface area (Å²) in [5.74, 6) is -0.00281. The van der Waals surface area contributed by atoms with Gasteiger partial charge in [0.25, 0.3) is 0 Å². The summed E-state index contributed by atoms with van der Waals surface area (Å²) in [5.41, 5.74) is 2.60. The molecule has 0 aliphatic rings. The molecule has 0 saturated heterocycles. The highest BCUT2D eigenvalue weighted by molar-refractivity contribution is 7.89. The fourth-order valence-corrected chi connectivity index (χ4v) is 3.54. The smallest absolute Gasteiger partial charge is 0.238 e. The van der Waals surface area contributed by atoms with Gasteiger partial charge in [-0.15, -0.1) is 0 Å². The van der Waals surface area contributed by atoms with Gasteiger partial charge >= 0.3 is 0 Å². The van der Waals surface area contributed by atoms with Crippen LogP contribution in [0.4, 0.5) is 27.5 Å². The lowest BCUT2D eigenvalue weighted by Gasteiger charge is -2.15. The molecule has 3 aromatic rings. The van der Waals surface area contributed by atoms with Gasteiger partial charge in [0.15, 0.2) is 11.6 Å². The molecule has 166 valence electrons. The molecule has 9 nitrogen and oxygen atoms in total. The summed E-state index contributed by atoms with van der Waals surface area (Å²) in [5, 5.41) is 19.6. The van der Waals surface area contributed by atoms with Crippen LogP contribution in [-0.4, -0.2) is 25.0 Å².